The monoisotopic (exact) mass is 357 g/mol. The highest BCUT2D eigenvalue weighted by molar-refractivity contribution is 5.94. The van der Waals surface area contributed by atoms with E-state index in [0.29, 0.717) is 24.3 Å². The molecule has 0 bridgehead atoms. The Balaban J connectivity index is 1.67. The number of likely N-dealkylation sites (tertiary alicyclic amines) is 1. The van der Waals surface area contributed by atoms with Crippen molar-refractivity contribution in [1.82, 2.24) is 19.9 Å². The fourth-order valence-corrected chi connectivity index (χ4v) is 2.79. The summed E-state index contributed by atoms with van der Waals surface area (Å²) in [4.78, 5) is 36.7. The molecule has 1 aromatic carbocycles. The number of aromatic nitrogens is 3. The molecule has 2 aromatic rings. The highest BCUT2D eigenvalue weighted by Gasteiger charge is 2.19. The number of nitrogens with one attached hydrogen (secondary N) is 1. The third-order valence-corrected chi connectivity index (χ3v) is 4.11. The molecule has 0 unspecified atom stereocenters. The van der Waals surface area contributed by atoms with E-state index in [1.807, 2.05) is 0 Å². The second kappa shape index (κ2) is 7.77. The van der Waals surface area contributed by atoms with Crippen LogP contribution in [-0.2, 0) is 9.59 Å². The lowest BCUT2D eigenvalue weighted by Crippen LogP contribution is -2.37. The van der Waals surface area contributed by atoms with Crippen molar-refractivity contribution in [3.05, 3.63) is 36.2 Å². The summed E-state index contributed by atoms with van der Waals surface area (Å²) < 4.78 is 1.32. The Hall–Kier alpha value is -3.23. The maximum Gasteiger partial charge on any atom is 0.358 e. The third kappa shape index (κ3) is 4.24. The number of carboxylic acids is 1. The molecule has 0 spiro atoms. The van der Waals surface area contributed by atoms with Crippen LogP contribution < -0.4 is 5.32 Å². The fraction of sp³-hybridized carbons (Fsp3) is 0.353. The van der Waals surface area contributed by atoms with Crippen LogP contribution in [0.2, 0.25) is 0 Å². The van der Waals surface area contributed by atoms with Crippen molar-refractivity contribution in [3.8, 4) is 5.69 Å². The fourth-order valence-electron chi connectivity index (χ4n) is 2.79. The largest absolute Gasteiger partial charge is 0.476 e. The molecule has 1 aliphatic rings. The van der Waals surface area contributed by atoms with Crippen molar-refractivity contribution in [1.29, 1.82) is 0 Å². The van der Waals surface area contributed by atoms with E-state index in [9.17, 15) is 14.4 Å². The van der Waals surface area contributed by atoms with Gasteiger partial charge < -0.3 is 15.3 Å². The molecule has 3 rings (SSSR count). The number of rotatable bonds is 5. The van der Waals surface area contributed by atoms with Gasteiger partial charge in [0.2, 0.25) is 11.8 Å². The van der Waals surface area contributed by atoms with Gasteiger partial charge in [-0.25, -0.2) is 9.48 Å². The number of carbonyl (C=O) groups is 3. The molecule has 0 atom stereocenters. The molecule has 1 fully saturated rings. The summed E-state index contributed by atoms with van der Waals surface area (Å²) in [5, 5.41) is 19.0. The zero-order chi connectivity index (χ0) is 18.5. The number of amides is 2. The number of hydrogen-bond acceptors (Lipinski definition) is 5. The Morgan fingerprint density at radius 3 is 2.85 bits per heavy atom. The Morgan fingerprint density at radius 1 is 1.23 bits per heavy atom. The van der Waals surface area contributed by atoms with E-state index in [-0.39, 0.29) is 24.1 Å². The first kappa shape index (κ1) is 17.6. The predicted octanol–water partition coefficient (Wildman–Crippen LogP) is 1.31. The highest BCUT2D eigenvalue weighted by Crippen LogP contribution is 2.15. The molecule has 2 N–H and O–H groups in total. The summed E-state index contributed by atoms with van der Waals surface area (Å²) in [6.07, 6.45) is 4.56. The smallest absolute Gasteiger partial charge is 0.358 e. The van der Waals surface area contributed by atoms with E-state index in [1.54, 1.807) is 29.2 Å². The molecule has 2 amide bonds. The molecule has 1 aliphatic heterocycles. The highest BCUT2D eigenvalue weighted by atomic mass is 16.4. The van der Waals surface area contributed by atoms with Crippen molar-refractivity contribution in [2.24, 2.45) is 0 Å². The minimum atomic E-state index is -1.16. The van der Waals surface area contributed by atoms with E-state index < -0.39 is 5.97 Å². The lowest BCUT2D eigenvalue weighted by molar-refractivity contribution is -0.134. The second-order valence-corrected chi connectivity index (χ2v) is 6.08. The first-order valence-electron chi connectivity index (χ1n) is 8.36. The molecular weight excluding hydrogens is 338 g/mol. The van der Waals surface area contributed by atoms with Crippen LogP contribution in [-0.4, -0.2) is 55.9 Å². The Kier molecular flexibility index (Phi) is 5.26. The standard InChI is InChI=1S/C17H19N5O4/c23-15(11-21-8-3-1-2-7-16(21)24)18-12-5-4-6-13(9-12)22-10-14(17(25)26)19-20-22/h4-6,9-10H,1-3,7-8,11H2,(H,18,23)(H,25,26). The number of benzene rings is 1. The molecule has 0 aliphatic carbocycles. The van der Waals surface area contributed by atoms with E-state index in [4.69, 9.17) is 5.11 Å². The van der Waals surface area contributed by atoms with Crippen molar-refractivity contribution < 1.29 is 19.5 Å². The number of hydrogen-bond donors (Lipinski definition) is 2. The zero-order valence-electron chi connectivity index (χ0n) is 14.1. The molecule has 0 saturated carbocycles. The van der Waals surface area contributed by atoms with Gasteiger partial charge in [-0.05, 0) is 31.0 Å². The summed E-state index contributed by atoms with van der Waals surface area (Å²) in [5.74, 6) is -1.43. The van der Waals surface area contributed by atoms with Crippen LogP contribution in [0.5, 0.6) is 0 Å². The Bertz CT molecular complexity index is 832. The normalized spacial score (nSPS) is 14.8. The number of nitrogens with zero attached hydrogens (tertiary/aromatic N) is 4. The Labute approximate surface area is 149 Å². The van der Waals surface area contributed by atoms with Crippen LogP contribution >= 0.6 is 0 Å². The van der Waals surface area contributed by atoms with Crippen molar-refractivity contribution in [2.75, 3.05) is 18.4 Å². The zero-order valence-corrected chi connectivity index (χ0v) is 14.1. The van der Waals surface area contributed by atoms with Crippen LogP contribution in [0.1, 0.15) is 36.2 Å². The SMILES string of the molecule is O=C(CN1CCCCCC1=O)Nc1cccc(-n2cc(C(=O)O)nn2)c1. The summed E-state index contributed by atoms with van der Waals surface area (Å²) in [5.41, 5.74) is 0.926. The van der Waals surface area contributed by atoms with Gasteiger partial charge in [0, 0.05) is 18.7 Å². The van der Waals surface area contributed by atoms with E-state index in [1.165, 1.54) is 10.9 Å². The van der Waals surface area contributed by atoms with Gasteiger partial charge in [-0.3, -0.25) is 9.59 Å². The predicted molar refractivity (Wildman–Crippen MR) is 92.0 cm³/mol. The Morgan fingerprint density at radius 2 is 2.08 bits per heavy atom. The molecule has 9 heteroatoms. The summed E-state index contributed by atoms with van der Waals surface area (Å²) in [6.45, 7) is 0.624. The molecule has 9 nitrogen and oxygen atoms in total. The van der Waals surface area contributed by atoms with E-state index in [0.717, 1.165) is 19.3 Å². The van der Waals surface area contributed by atoms with Gasteiger partial charge in [-0.15, -0.1) is 5.10 Å². The molecule has 0 radical (unpaired) electrons. The van der Waals surface area contributed by atoms with E-state index >= 15 is 0 Å². The van der Waals surface area contributed by atoms with Crippen LogP contribution in [0.4, 0.5) is 5.69 Å². The van der Waals surface area contributed by atoms with Crippen LogP contribution in [0.15, 0.2) is 30.5 Å². The minimum Gasteiger partial charge on any atom is -0.476 e. The second-order valence-electron chi connectivity index (χ2n) is 6.08. The summed E-state index contributed by atoms with van der Waals surface area (Å²) in [6, 6.07) is 6.79. The minimum absolute atomic E-state index is 0.00946. The lowest BCUT2D eigenvalue weighted by Gasteiger charge is -2.19. The average Bonchev–Trinajstić information content (AvgIpc) is 3.03. The van der Waals surface area contributed by atoms with Gasteiger partial charge >= 0.3 is 5.97 Å². The summed E-state index contributed by atoms with van der Waals surface area (Å²) in [7, 11) is 0. The van der Waals surface area contributed by atoms with Crippen molar-refractivity contribution in [3.63, 3.8) is 0 Å². The topological polar surface area (TPSA) is 117 Å². The van der Waals surface area contributed by atoms with Crippen molar-refractivity contribution >= 4 is 23.5 Å². The number of carbonyl (C=O) groups excluding carboxylic acids is 2. The number of anilines is 1. The maximum atomic E-state index is 12.3. The van der Waals surface area contributed by atoms with Gasteiger partial charge in [0.05, 0.1) is 18.4 Å². The molecule has 1 aromatic heterocycles. The number of carboxylic acid groups (broad SMARTS) is 1. The van der Waals surface area contributed by atoms with Crippen LogP contribution in [0, 0.1) is 0 Å². The van der Waals surface area contributed by atoms with Gasteiger partial charge in [0.15, 0.2) is 5.69 Å². The van der Waals surface area contributed by atoms with Crippen LogP contribution in [0.3, 0.4) is 0 Å². The van der Waals surface area contributed by atoms with Crippen molar-refractivity contribution in [2.45, 2.75) is 25.7 Å². The molecule has 2 heterocycles. The van der Waals surface area contributed by atoms with E-state index in [2.05, 4.69) is 15.6 Å². The quantitative estimate of drug-likeness (QED) is 0.833. The maximum absolute atomic E-state index is 12.3. The molecule has 26 heavy (non-hydrogen) atoms. The average molecular weight is 357 g/mol. The van der Waals surface area contributed by atoms with Gasteiger partial charge in [0.25, 0.3) is 0 Å². The number of aromatic carboxylic acids is 1. The molecular formula is C17H19N5O4. The third-order valence-electron chi connectivity index (χ3n) is 4.11. The summed E-state index contributed by atoms with van der Waals surface area (Å²) >= 11 is 0. The lowest BCUT2D eigenvalue weighted by atomic mass is 10.2. The first-order valence-corrected chi connectivity index (χ1v) is 8.36. The van der Waals surface area contributed by atoms with Crippen LogP contribution in [0.25, 0.3) is 5.69 Å². The van der Waals surface area contributed by atoms with Gasteiger partial charge in [0.1, 0.15) is 0 Å². The van der Waals surface area contributed by atoms with Gasteiger partial charge in [-0.2, -0.15) is 0 Å². The molecule has 1 saturated heterocycles. The molecule has 136 valence electrons. The first-order chi connectivity index (χ1) is 12.5. The van der Waals surface area contributed by atoms with Gasteiger partial charge in [-0.1, -0.05) is 17.7 Å².